The van der Waals surface area contributed by atoms with E-state index < -0.39 is 0 Å². The third kappa shape index (κ3) is 10.5. The molecular weight excluding hydrogens is 522 g/mol. The highest BCUT2D eigenvalue weighted by molar-refractivity contribution is 6.80. The Morgan fingerprint density at radius 1 is 0.571 bits per heavy atom. The van der Waals surface area contributed by atoms with Gasteiger partial charge in [-0.1, -0.05) is 100 Å². The molecule has 0 spiro atoms. The molecule has 0 aliphatic heterocycles. The Bertz CT molecular complexity index is 1290. The highest BCUT2D eigenvalue weighted by atomic mass is 16.5. The molecule has 0 bridgehead atoms. The Balaban J connectivity index is 0.00000308. The number of aryl methyl sites for hydroxylation is 1. The molecule has 4 N–H and O–H groups in total. The molecule has 6 nitrogen and oxygen atoms in total. The molecular formula is C34H46B2N2O4. The molecule has 0 heterocycles. The maximum atomic E-state index is 6.15. The summed E-state index contributed by atoms with van der Waals surface area (Å²) < 4.78 is 23.8. The minimum Gasteiger partial charge on any atom is -0.457 e. The molecule has 8 heteroatoms. The molecule has 0 saturated heterocycles. The zero-order valence-corrected chi connectivity index (χ0v) is 23.4. The second kappa shape index (κ2) is 18.2. The topological polar surface area (TPSA) is 89.0 Å². The van der Waals surface area contributed by atoms with Crippen molar-refractivity contribution in [2.45, 2.75) is 41.8 Å². The van der Waals surface area contributed by atoms with Crippen molar-refractivity contribution in [3.8, 4) is 11.5 Å². The van der Waals surface area contributed by atoms with Crippen molar-refractivity contribution in [1.29, 1.82) is 0 Å². The van der Waals surface area contributed by atoms with Gasteiger partial charge in [-0.3, -0.25) is 0 Å². The van der Waals surface area contributed by atoms with Crippen molar-refractivity contribution in [2.75, 3.05) is 26.3 Å². The van der Waals surface area contributed by atoms with Crippen LogP contribution < -0.4 is 32.6 Å². The van der Waals surface area contributed by atoms with Crippen molar-refractivity contribution < 1.29 is 18.8 Å². The van der Waals surface area contributed by atoms with Crippen LogP contribution in [-0.2, 0) is 27.3 Å². The summed E-state index contributed by atoms with van der Waals surface area (Å²) in [6.45, 7) is 6.97. The first kappa shape index (κ1) is 34.8. The maximum absolute atomic E-state index is 6.15. The normalized spacial score (nSPS) is 10.4. The van der Waals surface area contributed by atoms with Gasteiger partial charge in [-0.2, -0.15) is 0 Å². The predicted octanol–water partition coefficient (Wildman–Crippen LogP) is 4.66. The Morgan fingerprint density at radius 2 is 1.00 bits per heavy atom. The summed E-state index contributed by atoms with van der Waals surface area (Å²) in [7, 11) is 0. The molecule has 0 aliphatic rings. The Morgan fingerprint density at radius 3 is 1.50 bits per heavy atom. The largest absolute Gasteiger partial charge is 0.457 e. The van der Waals surface area contributed by atoms with Crippen molar-refractivity contribution in [1.82, 2.24) is 0 Å². The second-order valence-corrected chi connectivity index (χ2v) is 9.80. The molecule has 0 unspecified atom stereocenters. The number of benzene rings is 4. The van der Waals surface area contributed by atoms with Gasteiger partial charge in [-0.05, 0) is 58.7 Å². The van der Waals surface area contributed by atoms with Crippen LogP contribution in [0.2, 0.25) is 6.82 Å². The van der Waals surface area contributed by atoms with Gasteiger partial charge >= 0.3 is 13.8 Å². The fourth-order valence-electron chi connectivity index (χ4n) is 4.33. The van der Waals surface area contributed by atoms with Gasteiger partial charge in [-0.15, -0.1) is 0 Å². The fraction of sp³-hybridized carbons (Fsp3) is 0.294. The van der Waals surface area contributed by atoms with E-state index in [1.54, 1.807) is 0 Å². The summed E-state index contributed by atoms with van der Waals surface area (Å²) in [4.78, 5) is 0. The van der Waals surface area contributed by atoms with Gasteiger partial charge in [0.1, 0.15) is 11.5 Å². The smallest absolute Gasteiger partial charge is 0.361 e. The summed E-state index contributed by atoms with van der Waals surface area (Å²) >= 11 is 0. The van der Waals surface area contributed by atoms with Gasteiger partial charge in [0.15, 0.2) is 0 Å². The lowest BCUT2D eigenvalue weighted by atomic mass is 9.55. The monoisotopic (exact) mass is 568 g/mol. The van der Waals surface area contributed by atoms with Gasteiger partial charge < -0.3 is 30.2 Å². The van der Waals surface area contributed by atoms with Gasteiger partial charge in [-0.25, -0.2) is 0 Å². The van der Waals surface area contributed by atoms with Gasteiger partial charge in [0.25, 0.3) is 0 Å². The highest BCUT2D eigenvalue weighted by Gasteiger charge is 2.21. The zero-order valence-electron chi connectivity index (χ0n) is 23.4. The lowest BCUT2D eigenvalue weighted by Gasteiger charge is -2.16. The lowest BCUT2D eigenvalue weighted by Crippen LogP contribution is -2.45. The van der Waals surface area contributed by atoms with E-state index in [0.29, 0.717) is 39.5 Å². The lowest BCUT2D eigenvalue weighted by molar-refractivity contribution is 0.107. The van der Waals surface area contributed by atoms with Crippen LogP contribution >= 0.6 is 0 Å². The standard InChI is InChI=1S/C32H38B2N2O4.2CH4/c1-25-3-15-31(16-4-25)40-32-17-13-30(14-18-32)34(39-22-20-36)29-11-7-27(8-12-29)24-37-23-26-5-9-28(10-6-26)33(2)38-21-19-35;;/h3-18H,19-24,35-36H2,1-2H3;2*1H4. The molecule has 4 aromatic rings. The van der Waals surface area contributed by atoms with E-state index >= 15 is 0 Å². The van der Waals surface area contributed by atoms with Gasteiger partial charge in [0, 0.05) is 26.3 Å². The van der Waals surface area contributed by atoms with E-state index in [1.807, 2.05) is 55.4 Å². The molecule has 0 fully saturated rings. The Kier molecular flexibility index (Phi) is 15.1. The number of ether oxygens (including phenoxy) is 2. The third-order valence-electron chi connectivity index (χ3n) is 6.60. The van der Waals surface area contributed by atoms with E-state index in [9.17, 15) is 0 Å². The van der Waals surface area contributed by atoms with Crippen molar-refractivity contribution in [2.24, 2.45) is 11.5 Å². The first-order valence-corrected chi connectivity index (χ1v) is 13.8. The summed E-state index contributed by atoms with van der Waals surface area (Å²) in [5.74, 6) is 1.59. The Labute approximate surface area is 253 Å². The van der Waals surface area contributed by atoms with Crippen LogP contribution in [0.3, 0.4) is 0 Å². The van der Waals surface area contributed by atoms with E-state index in [2.05, 4.69) is 55.5 Å². The summed E-state index contributed by atoms with van der Waals surface area (Å²) in [5.41, 5.74) is 17.9. The van der Waals surface area contributed by atoms with E-state index in [1.165, 1.54) is 5.56 Å². The Hall–Kier alpha value is -3.39. The molecule has 0 atom stereocenters. The zero-order chi connectivity index (χ0) is 28.2. The summed E-state index contributed by atoms with van der Waals surface area (Å²) in [6.07, 6.45) is 0. The van der Waals surface area contributed by atoms with E-state index in [4.69, 9.17) is 30.2 Å². The number of hydrogen-bond acceptors (Lipinski definition) is 6. The molecule has 4 rings (SSSR count). The molecule has 0 aliphatic carbocycles. The number of hydrogen-bond donors (Lipinski definition) is 2. The molecule has 0 amide bonds. The highest BCUT2D eigenvalue weighted by Crippen LogP contribution is 2.20. The molecule has 0 aromatic heterocycles. The van der Waals surface area contributed by atoms with Crippen molar-refractivity contribution >= 4 is 30.2 Å². The fourth-order valence-corrected chi connectivity index (χ4v) is 4.33. The number of rotatable bonds is 15. The second-order valence-electron chi connectivity index (χ2n) is 9.80. The van der Waals surface area contributed by atoms with E-state index in [0.717, 1.165) is 39.0 Å². The van der Waals surface area contributed by atoms with Crippen LogP contribution in [0.25, 0.3) is 0 Å². The van der Waals surface area contributed by atoms with E-state index in [-0.39, 0.29) is 28.7 Å². The predicted molar refractivity (Wildman–Crippen MR) is 179 cm³/mol. The van der Waals surface area contributed by atoms with Crippen LogP contribution in [0, 0.1) is 6.92 Å². The SMILES string of the molecule is C.C.CB(OCCN)c1ccc(COCc2ccc(B(OCCN)c3ccc(Oc4ccc(C)cc4)cc3)cc2)cc1. The van der Waals surface area contributed by atoms with Gasteiger partial charge in [0.05, 0.1) is 13.2 Å². The molecule has 0 radical (unpaired) electrons. The average Bonchev–Trinajstić information content (AvgIpc) is 2.99. The van der Waals surface area contributed by atoms with Crippen LogP contribution in [0.5, 0.6) is 11.5 Å². The maximum Gasteiger partial charge on any atom is 0.361 e. The van der Waals surface area contributed by atoms with Crippen LogP contribution in [0.1, 0.15) is 31.5 Å². The quantitative estimate of drug-likeness (QED) is 0.203. The minimum absolute atomic E-state index is 0. The summed E-state index contributed by atoms with van der Waals surface area (Å²) in [5, 5.41) is 0. The van der Waals surface area contributed by atoms with Crippen LogP contribution in [-0.4, -0.2) is 40.1 Å². The number of nitrogens with two attached hydrogens (primary N) is 2. The van der Waals surface area contributed by atoms with Crippen molar-refractivity contribution in [3.63, 3.8) is 0 Å². The summed E-state index contributed by atoms with van der Waals surface area (Å²) in [6, 6.07) is 32.7. The first-order valence-electron chi connectivity index (χ1n) is 13.8. The molecule has 222 valence electrons. The molecule has 4 aromatic carbocycles. The minimum atomic E-state index is -0.221. The first-order chi connectivity index (χ1) is 19.6. The third-order valence-corrected chi connectivity index (χ3v) is 6.60. The molecule has 42 heavy (non-hydrogen) atoms. The van der Waals surface area contributed by atoms with Crippen molar-refractivity contribution in [3.05, 3.63) is 114 Å². The van der Waals surface area contributed by atoms with Gasteiger partial charge in [0.2, 0.25) is 0 Å². The molecule has 0 saturated carbocycles. The average molecular weight is 568 g/mol. The van der Waals surface area contributed by atoms with Crippen LogP contribution in [0.15, 0.2) is 97.1 Å². The van der Waals surface area contributed by atoms with Crippen LogP contribution in [0.4, 0.5) is 0 Å².